The lowest BCUT2D eigenvalue weighted by Crippen LogP contribution is -2.51. The third-order valence-electron chi connectivity index (χ3n) is 5.80. The van der Waals surface area contributed by atoms with E-state index in [4.69, 9.17) is 10.5 Å². The number of likely N-dealkylation sites (tertiary alicyclic amines) is 1. The molecule has 1 atom stereocenters. The zero-order valence-corrected chi connectivity index (χ0v) is 21.4. The molecule has 0 bridgehead atoms. The molecule has 2 rings (SSSR count). The molecule has 1 heterocycles. The fraction of sp³-hybridized carbons (Fsp3) is 0.667. The molecular weight excluding hydrogens is 398 g/mol. The first-order valence-electron chi connectivity index (χ1n) is 12.1. The summed E-state index contributed by atoms with van der Waals surface area (Å²) >= 11 is 0. The summed E-state index contributed by atoms with van der Waals surface area (Å²) in [5.74, 6) is 1.44. The van der Waals surface area contributed by atoms with Crippen LogP contribution in [0.1, 0.15) is 67.7 Å². The second-order valence-electron chi connectivity index (χ2n) is 11.1. The van der Waals surface area contributed by atoms with E-state index in [1.165, 1.54) is 11.3 Å². The van der Waals surface area contributed by atoms with Crippen LogP contribution in [-0.2, 0) is 4.79 Å². The van der Waals surface area contributed by atoms with Crippen molar-refractivity contribution in [1.29, 1.82) is 0 Å². The van der Waals surface area contributed by atoms with E-state index >= 15 is 0 Å². The van der Waals surface area contributed by atoms with Crippen LogP contribution in [0.2, 0.25) is 0 Å². The number of hydrogen-bond donors (Lipinski definition) is 1. The number of rotatable bonds is 9. The molecule has 0 aromatic heterocycles. The summed E-state index contributed by atoms with van der Waals surface area (Å²) in [5, 5.41) is 0. The predicted octanol–water partition coefficient (Wildman–Crippen LogP) is 5.25. The lowest BCUT2D eigenvalue weighted by Gasteiger charge is -2.40. The molecule has 0 spiro atoms. The largest absolute Gasteiger partial charge is 0.493 e. The first-order valence-corrected chi connectivity index (χ1v) is 12.1. The number of piperidine rings is 1. The average molecular weight is 444 g/mol. The van der Waals surface area contributed by atoms with Crippen LogP contribution in [0.5, 0.6) is 5.75 Å². The number of hydrogen-bond acceptors (Lipinski definition) is 4. The van der Waals surface area contributed by atoms with Crippen LogP contribution in [0.4, 0.5) is 5.69 Å². The van der Waals surface area contributed by atoms with Gasteiger partial charge in [-0.2, -0.15) is 0 Å². The number of allylic oxidation sites excluding steroid dienone is 1. The Kier molecular flexibility index (Phi) is 9.63. The molecule has 1 aromatic carbocycles. The summed E-state index contributed by atoms with van der Waals surface area (Å²) < 4.78 is 5.95. The van der Waals surface area contributed by atoms with Gasteiger partial charge in [0.15, 0.2) is 0 Å². The van der Waals surface area contributed by atoms with Gasteiger partial charge in [0.2, 0.25) is 5.91 Å². The Morgan fingerprint density at radius 2 is 1.78 bits per heavy atom. The topological polar surface area (TPSA) is 58.8 Å². The number of ether oxygens (including phenoxy) is 1. The van der Waals surface area contributed by atoms with Gasteiger partial charge in [-0.1, -0.05) is 46.3 Å². The van der Waals surface area contributed by atoms with Gasteiger partial charge in [-0.25, -0.2) is 0 Å². The Labute approximate surface area is 196 Å². The standard InChI is InChI=1S/C27H45N3O2/c1-20(2)12-17-30(22-8-10-24(11-9-22)32-19-27(5,6)7)23-13-15-29(16-14-23)26(31)25(28)18-21(3)4/h8-12,21,23,25H,13-19,28H2,1-7H3. The van der Waals surface area contributed by atoms with Crippen LogP contribution >= 0.6 is 0 Å². The molecule has 1 amide bonds. The molecule has 1 aliphatic heterocycles. The van der Waals surface area contributed by atoms with Crippen LogP contribution < -0.4 is 15.4 Å². The van der Waals surface area contributed by atoms with E-state index < -0.39 is 0 Å². The molecular formula is C27H45N3O2. The minimum Gasteiger partial charge on any atom is -0.493 e. The van der Waals surface area contributed by atoms with E-state index in [9.17, 15) is 4.79 Å². The second kappa shape index (κ2) is 11.7. The molecule has 2 N–H and O–H groups in total. The van der Waals surface area contributed by atoms with Crippen molar-refractivity contribution < 1.29 is 9.53 Å². The van der Waals surface area contributed by atoms with E-state index in [1.807, 2.05) is 4.90 Å². The maximum absolute atomic E-state index is 12.7. The highest BCUT2D eigenvalue weighted by molar-refractivity contribution is 5.81. The molecule has 0 saturated carbocycles. The molecule has 0 radical (unpaired) electrons. The summed E-state index contributed by atoms with van der Waals surface area (Å²) in [4.78, 5) is 17.2. The smallest absolute Gasteiger partial charge is 0.239 e. The van der Waals surface area contributed by atoms with Crippen molar-refractivity contribution in [1.82, 2.24) is 4.90 Å². The maximum atomic E-state index is 12.7. The first kappa shape index (κ1) is 26.2. The summed E-state index contributed by atoms with van der Waals surface area (Å²) in [5.41, 5.74) is 8.81. The molecule has 1 unspecified atom stereocenters. The molecule has 1 aromatic rings. The molecule has 180 valence electrons. The quantitative estimate of drug-likeness (QED) is 0.530. The number of nitrogens with two attached hydrogens (primary N) is 1. The van der Waals surface area contributed by atoms with Gasteiger partial charge in [-0.15, -0.1) is 0 Å². The second-order valence-corrected chi connectivity index (χ2v) is 11.1. The van der Waals surface area contributed by atoms with E-state index in [0.29, 0.717) is 18.6 Å². The van der Waals surface area contributed by atoms with Crippen molar-refractivity contribution in [2.75, 3.05) is 31.1 Å². The zero-order valence-electron chi connectivity index (χ0n) is 21.4. The fourth-order valence-electron chi connectivity index (χ4n) is 4.02. The molecule has 1 saturated heterocycles. The SMILES string of the molecule is CC(C)=CCN(c1ccc(OCC(C)(C)C)cc1)C1CCN(C(=O)C(N)CC(C)C)CC1. The summed E-state index contributed by atoms with van der Waals surface area (Å²) in [6.45, 7) is 18.1. The van der Waals surface area contributed by atoms with Gasteiger partial charge in [0.05, 0.1) is 12.6 Å². The van der Waals surface area contributed by atoms with Gasteiger partial charge in [-0.05, 0) is 68.7 Å². The van der Waals surface area contributed by atoms with Gasteiger partial charge in [-0.3, -0.25) is 4.79 Å². The van der Waals surface area contributed by atoms with Crippen LogP contribution in [0, 0.1) is 11.3 Å². The van der Waals surface area contributed by atoms with Gasteiger partial charge < -0.3 is 20.3 Å². The van der Waals surface area contributed by atoms with Gasteiger partial charge in [0.25, 0.3) is 0 Å². The van der Waals surface area contributed by atoms with Crippen LogP contribution in [0.3, 0.4) is 0 Å². The van der Waals surface area contributed by atoms with Gasteiger partial charge in [0.1, 0.15) is 5.75 Å². The van der Waals surface area contributed by atoms with Gasteiger partial charge in [0, 0.05) is 31.4 Å². The summed E-state index contributed by atoms with van der Waals surface area (Å²) in [6, 6.07) is 8.48. The fourth-order valence-corrected chi connectivity index (χ4v) is 4.02. The van der Waals surface area contributed by atoms with Crippen LogP contribution in [0.25, 0.3) is 0 Å². The highest BCUT2D eigenvalue weighted by atomic mass is 16.5. The van der Waals surface area contributed by atoms with Crippen molar-refractivity contribution in [2.24, 2.45) is 17.1 Å². The number of carbonyl (C=O) groups excluding carboxylic acids is 1. The van der Waals surface area contributed by atoms with Crippen molar-refractivity contribution in [3.05, 3.63) is 35.9 Å². The van der Waals surface area contributed by atoms with Crippen molar-refractivity contribution in [3.8, 4) is 5.75 Å². The number of anilines is 1. The number of nitrogens with zero attached hydrogens (tertiary/aromatic N) is 2. The molecule has 0 aliphatic carbocycles. The molecule has 1 aliphatic rings. The Bertz CT molecular complexity index is 737. The summed E-state index contributed by atoms with van der Waals surface area (Å²) in [6.07, 6.45) is 4.94. The number of benzene rings is 1. The Balaban J connectivity index is 2.05. The summed E-state index contributed by atoms with van der Waals surface area (Å²) in [7, 11) is 0. The minimum atomic E-state index is -0.381. The monoisotopic (exact) mass is 443 g/mol. The van der Waals surface area contributed by atoms with Crippen LogP contribution in [0.15, 0.2) is 35.9 Å². The Morgan fingerprint density at radius 1 is 1.19 bits per heavy atom. The normalized spacial score (nSPS) is 16.1. The van der Waals surface area contributed by atoms with E-state index in [0.717, 1.165) is 44.6 Å². The van der Waals surface area contributed by atoms with E-state index in [-0.39, 0.29) is 17.4 Å². The average Bonchev–Trinajstić information content (AvgIpc) is 2.72. The molecule has 1 fully saturated rings. The Hall–Kier alpha value is -2.01. The van der Waals surface area contributed by atoms with E-state index in [2.05, 4.69) is 83.7 Å². The van der Waals surface area contributed by atoms with E-state index in [1.54, 1.807) is 0 Å². The lowest BCUT2D eigenvalue weighted by molar-refractivity contribution is -0.134. The molecule has 5 heteroatoms. The molecule has 5 nitrogen and oxygen atoms in total. The van der Waals surface area contributed by atoms with Crippen molar-refractivity contribution in [3.63, 3.8) is 0 Å². The number of amides is 1. The highest BCUT2D eigenvalue weighted by Gasteiger charge is 2.29. The minimum absolute atomic E-state index is 0.105. The molecule has 32 heavy (non-hydrogen) atoms. The van der Waals surface area contributed by atoms with Crippen LogP contribution in [-0.4, -0.2) is 49.1 Å². The maximum Gasteiger partial charge on any atom is 0.239 e. The van der Waals surface area contributed by atoms with Gasteiger partial charge >= 0.3 is 0 Å². The van der Waals surface area contributed by atoms with Crippen molar-refractivity contribution in [2.45, 2.75) is 79.8 Å². The Morgan fingerprint density at radius 3 is 2.28 bits per heavy atom. The predicted molar refractivity (Wildman–Crippen MR) is 135 cm³/mol. The number of carbonyl (C=O) groups is 1. The highest BCUT2D eigenvalue weighted by Crippen LogP contribution is 2.27. The van der Waals surface area contributed by atoms with Crippen molar-refractivity contribution >= 4 is 11.6 Å². The third kappa shape index (κ3) is 8.50. The lowest BCUT2D eigenvalue weighted by atomic mass is 9.98. The zero-order chi connectivity index (χ0) is 23.9. The third-order valence-corrected chi connectivity index (χ3v) is 5.80. The first-order chi connectivity index (χ1) is 15.0.